The van der Waals surface area contributed by atoms with Gasteiger partial charge in [-0.1, -0.05) is 36.2 Å². The predicted molar refractivity (Wildman–Crippen MR) is 108 cm³/mol. The smallest absolute Gasteiger partial charge is 0.243 e. The zero-order chi connectivity index (χ0) is 20.1. The molecule has 1 saturated heterocycles. The summed E-state index contributed by atoms with van der Waals surface area (Å²) in [6.07, 6.45) is 7.46. The fraction of sp³-hybridized carbons (Fsp3) is 0.400. The number of carbonyl (C=O) groups excluding carboxylic acids is 1. The molecule has 1 aliphatic rings. The quantitative estimate of drug-likeness (QED) is 0.822. The number of anilines is 1. The molecule has 2 aromatic rings. The second-order valence-electron chi connectivity index (χ2n) is 6.91. The minimum absolute atomic E-state index is 0.205. The van der Waals surface area contributed by atoms with Crippen molar-refractivity contribution < 1.29 is 17.7 Å². The summed E-state index contributed by atoms with van der Waals surface area (Å²) in [5.74, 6) is 0.234. The Kier molecular flexibility index (Phi) is 6.31. The summed E-state index contributed by atoms with van der Waals surface area (Å²) in [5, 5.41) is 6.56. The van der Waals surface area contributed by atoms with Crippen LogP contribution in [0.1, 0.15) is 49.6 Å². The van der Waals surface area contributed by atoms with Gasteiger partial charge in [-0.15, -0.1) is 0 Å². The first-order valence-electron chi connectivity index (χ1n) is 9.40. The Hall–Kier alpha value is -2.45. The Labute approximate surface area is 165 Å². The molecule has 0 unspecified atom stereocenters. The molecule has 0 aliphatic carbocycles. The fourth-order valence-corrected chi connectivity index (χ4v) is 4.70. The van der Waals surface area contributed by atoms with Crippen LogP contribution in [0.25, 0.3) is 12.2 Å². The van der Waals surface area contributed by atoms with E-state index in [0.717, 1.165) is 31.2 Å². The second-order valence-corrected chi connectivity index (χ2v) is 8.85. The minimum Gasteiger partial charge on any atom is -0.354 e. The molecule has 7 nitrogen and oxygen atoms in total. The number of amides is 1. The van der Waals surface area contributed by atoms with Crippen LogP contribution in [0.4, 0.5) is 5.69 Å². The van der Waals surface area contributed by atoms with E-state index < -0.39 is 10.0 Å². The molecule has 1 aliphatic heterocycles. The normalized spacial score (nSPS) is 16.2. The lowest BCUT2D eigenvalue weighted by Crippen LogP contribution is -2.31. The fourth-order valence-electron chi connectivity index (χ4n) is 3.18. The van der Waals surface area contributed by atoms with E-state index in [1.807, 2.05) is 0 Å². The highest BCUT2D eigenvalue weighted by Crippen LogP contribution is 2.24. The summed E-state index contributed by atoms with van der Waals surface area (Å²) < 4.78 is 32.5. The molecule has 3 rings (SSSR count). The highest BCUT2D eigenvalue weighted by Gasteiger charge is 2.24. The van der Waals surface area contributed by atoms with Gasteiger partial charge in [-0.3, -0.25) is 4.79 Å². The maximum absolute atomic E-state index is 12.8. The third-order valence-electron chi connectivity index (χ3n) is 4.70. The van der Waals surface area contributed by atoms with E-state index >= 15 is 0 Å². The average molecular weight is 404 g/mol. The third-order valence-corrected chi connectivity index (χ3v) is 6.61. The number of nitrogens with one attached hydrogen (secondary N) is 1. The van der Waals surface area contributed by atoms with Crippen molar-refractivity contribution in [3.05, 3.63) is 41.3 Å². The van der Waals surface area contributed by atoms with Crippen molar-refractivity contribution in [1.29, 1.82) is 0 Å². The summed E-state index contributed by atoms with van der Waals surface area (Å²) >= 11 is 0. The summed E-state index contributed by atoms with van der Waals surface area (Å²) in [6, 6.07) is 6.76. The van der Waals surface area contributed by atoms with Crippen LogP contribution in [-0.2, 0) is 14.8 Å². The lowest BCUT2D eigenvalue weighted by atomic mass is 10.2. The van der Waals surface area contributed by atoms with E-state index in [-0.39, 0.29) is 5.91 Å². The largest absolute Gasteiger partial charge is 0.354 e. The van der Waals surface area contributed by atoms with Gasteiger partial charge in [-0.25, -0.2) is 8.42 Å². The number of aryl methyl sites for hydroxylation is 1. The van der Waals surface area contributed by atoms with Crippen LogP contribution >= 0.6 is 0 Å². The van der Waals surface area contributed by atoms with Crippen LogP contribution in [0.15, 0.2) is 33.7 Å². The maximum Gasteiger partial charge on any atom is 0.243 e. The topological polar surface area (TPSA) is 92.5 Å². The zero-order valence-electron chi connectivity index (χ0n) is 16.1. The minimum atomic E-state index is -3.45. The molecule has 2 heterocycles. The van der Waals surface area contributed by atoms with Gasteiger partial charge >= 0.3 is 0 Å². The van der Waals surface area contributed by atoms with Crippen LogP contribution < -0.4 is 5.32 Å². The standard InChI is InChI=1S/C20H25N3O4S/c1-15-20(21-16(2)24)19(27-22-15)12-9-17-7-10-18(11-8-17)28(25,26)23-13-5-3-4-6-14-23/h7-12H,3-6,13-14H2,1-2H3,(H,21,24). The monoisotopic (exact) mass is 403 g/mol. The summed E-state index contributed by atoms with van der Waals surface area (Å²) in [6.45, 7) is 4.33. The molecular weight excluding hydrogens is 378 g/mol. The molecule has 1 fully saturated rings. The van der Waals surface area contributed by atoms with Gasteiger partial charge in [0.2, 0.25) is 15.9 Å². The van der Waals surface area contributed by atoms with Gasteiger partial charge in [-0.2, -0.15) is 4.31 Å². The molecule has 0 saturated carbocycles. The predicted octanol–water partition coefficient (Wildman–Crippen LogP) is 3.68. The number of rotatable bonds is 5. The van der Waals surface area contributed by atoms with Crippen molar-refractivity contribution in [3.8, 4) is 0 Å². The molecule has 1 amide bonds. The Morgan fingerprint density at radius 3 is 2.36 bits per heavy atom. The number of nitrogens with zero attached hydrogens (tertiary/aromatic N) is 2. The van der Waals surface area contributed by atoms with Crippen molar-refractivity contribution in [2.24, 2.45) is 0 Å². The van der Waals surface area contributed by atoms with E-state index in [9.17, 15) is 13.2 Å². The van der Waals surface area contributed by atoms with Crippen molar-refractivity contribution in [2.75, 3.05) is 18.4 Å². The lowest BCUT2D eigenvalue weighted by molar-refractivity contribution is -0.114. The SMILES string of the molecule is CC(=O)Nc1c(C)noc1C=Cc1ccc(S(=O)(=O)N2CCCCCC2)cc1. The second kappa shape index (κ2) is 8.70. The molecule has 1 aromatic heterocycles. The average Bonchev–Trinajstić information content (AvgIpc) is 2.88. The van der Waals surface area contributed by atoms with Gasteiger partial charge in [0.25, 0.3) is 0 Å². The molecule has 0 spiro atoms. The van der Waals surface area contributed by atoms with Crippen LogP contribution in [0.3, 0.4) is 0 Å². The van der Waals surface area contributed by atoms with Gasteiger partial charge in [0, 0.05) is 20.0 Å². The first kappa shape index (κ1) is 20.3. The Balaban J connectivity index is 1.76. The molecule has 8 heteroatoms. The molecule has 0 radical (unpaired) electrons. The number of benzene rings is 1. The lowest BCUT2D eigenvalue weighted by Gasteiger charge is -2.19. The molecule has 0 atom stereocenters. The Bertz CT molecular complexity index is 954. The number of hydrogen-bond acceptors (Lipinski definition) is 5. The van der Waals surface area contributed by atoms with Crippen molar-refractivity contribution in [3.63, 3.8) is 0 Å². The Morgan fingerprint density at radius 2 is 1.75 bits per heavy atom. The summed E-state index contributed by atoms with van der Waals surface area (Å²) in [7, 11) is -3.45. The number of hydrogen-bond donors (Lipinski definition) is 1. The van der Waals surface area contributed by atoms with E-state index in [0.29, 0.717) is 35.1 Å². The molecule has 28 heavy (non-hydrogen) atoms. The van der Waals surface area contributed by atoms with Crippen LogP contribution in [0, 0.1) is 6.92 Å². The van der Waals surface area contributed by atoms with Gasteiger partial charge in [0.1, 0.15) is 11.4 Å². The third kappa shape index (κ3) is 4.69. The number of aromatic nitrogens is 1. The van der Waals surface area contributed by atoms with Gasteiger partial charge in [0.15, 0.2) is 5.76 Å². The molecule has 150 valence electrons. The molecule has 0 bridgehead atoms. The van der Waals surface area contributed by atoms with Gasteiger partial charge in [-0.05, 0) is 43.5 Å². The Morgan fingerprint density at radius 1 is 1.11 bits per heavy atom. The highest BCUT2D eigenvalue weighted by atomic mass is 32.2. The van der Waals surface area contributed by atoms with Gasteiger partial charge < -0.3 is 9.84 Å². The first-order valence-corrected chi connectivity index (χ1v) is 10.8. The van der Waals surface area contributed by atoms with Crippen molar-refractivity contribution in [2.45, 2.75) is 44.4 Å². The number of sulfonamides is 1. The summed E-state index contributed by atoms with van der Waals surface area (Å²) in [5.41, 5.74) is 1.94. The zero-order valence-corrected chi connectivity index (χ0v) is 17.0. The van der Waals surface area contributed by atoms with Gasteiger partial charge in [0.05, 0.1) is 4.90 Å². The van der Waals surface area contributed by atoms with Crippen molar-refractivity contribution in [1.82, 2.24) is 9.46 Å². The molecule has 1 aromatic carbocycles. The van der Waals surface area contributed by atoms with E-state index in [1.165, 1.54) is 6.92 Å². The summed E-state index contributed by atoms with van der Waals surface area (Å²) in [4.78, 5) is 11.6. The highest BCUT2D eigenvalue weighted by molar-refractivity contribution is 7.89. The van der Waals surface area contributed by atoms with E-state index in [4.69, 9.17) is 4.52 Å². The van der Waals surface area contributed by atoms with E-state index in [2.05, 4.69) is 10.5 Å². The van der Waals surface area contributed by atoms with Crippen LogP contribution in [0.2, 0.25) is 0 Å². The molecular formula is C20H25N3O4S. The maximum atomic E-state index is 12.8. The molecule has 1 N–H and O–H groups in total. The first-order chi connectivity index (χ1) is 13.4. The van der Waals surface area contributed by atoms with Crippen molar-refractivity contribution >= 4 is 33.8 Å². The van der Waals surface area contributed by atoms with E-state index in [1.54, 1.807) is 47.6 Å². The van der Waals surface area contributed by atoms with Crippen LogP contribution in [0.5, 0.6) is 0 Å². The number of carbonyl (C=O) groups is 1. The van der Waals surface area contributed by atoms with Crippen LogP contribution in [-0.4, -0.2) is 36.9 Å².